The summed E-state index contributed by atoms with van der Waals surface area (Å²) in [7, 11) is 1.51. The molecule has 2 fully saturated rings. The molecule has 2 aliphatic rings. The number of carbonyl (C=O) groups is 2. The lowest BCUT2D eigenvalue weighted by molar-refractivity contribution is 0.0453. The maximum absolute atomic E-state index is 14.7. The van der Waals surface area contributed by atoms with Crippen LogP contribution in [-0.2, 0) is 4.74 Å². The van der Waals surface area contributed by atoms with Crippen molar-refractivity contribution < 1.29 is 33.0 Å². The second-order valence-electron chi connectivity index (χ2n) is 9.57. The van der Waals surface area contributed by atoms with Gasteiger partial charge in [0.05, 0.1) is 13.2 Å². The van der Waals surface area contributed by atoms with E-state index in [4.69, 9.17) is 14.6 Å². The van der Waals surface area contributed by atoms with Crippen LogP contribution in [0.5, 0.6) is 5.75 Å². The minimum atomic E-state index is -0.855. The number of benzene rings is 1. The first-order valence-corrected chi connectivity index (χ1v) is 12.0. The number of piperidine rings is 1. The lowest BCUT2D eigenvalue weighted by Crippen LogP contribution is -2.41. The first-order chi connectivity index (χ1) is 17.2. The second-order valence-corrected chi connectivity index (χ2v) is 9.57. The number of likely N-dealkylation sites (tertiary alicyclic amines) is 1. The maximum Gasteiger partial charge on any atom is 0.410 e. The first-order valence-electron chi connectivity index (χ1n) is 12.0. The Kier molecular flexibility index (Phi) is 7.67. The molecule has 4 rings (SSSR count). The van der Waals surface area contributed by atoms with Crippen molar-refractivity contribution in [3.05, 3.63) is 42.0 Å². The Hall–Kier alpha value is -3.34. The molecular formula is C25H30F2N4O5. The number of hydrogen-bond donors (Lipinski definition) is 1. The topological polar surface area (TPSA) is 105 Å². The molecule has 1 aliphatic carbocycles. The molecule has 0 unspecified atom stereocenters. The molecule has 2 aromatic rings. The van der Waals surface area contributed by atoms with Crippen LogP contribution in [-0.4, -0.2) is 82.4 Å². The smallest absolute Gasteiger partial charge is 0.410 e. The van der Waals surface area contributed by atoms with Gasteiger partial charge in [0.15, 0.2) is 17.4 Å². The summed E-state index contributed by atoms with van der Waals surface area (Å²) in [5.41, 5.74) is 0.220. The number of nitrogens with zero attached hydrogens (tertiary/aromatic N) is 4. The Balaban J connectivity index is 1.32. The lowest BCUT2D eigenvalue weighted by Gasteiger charge is -2.32. The van der Waals surface area contributed by atoms with Crippen LogP contribution in [0.25, 0.3) is 11.1 Å². The number of rotatable bonds is 8. The fraction of sp³-hybridized carbons (Fsp3) is 0.520. The highest BCUT2D eigenvalue weighted by Gasteiger charge is 2.43. The number of halogens is 2. The van der Waals surface area contributed by atoms with Gasteiger partial charge in [-0.15, -0.1) is 0 Å². The molecule has 0 bridgehead atoms. The highest BCUT2D eigenvalue weighted by Crippen LogP contribution is 2.39. The Morgan fingerprint density at radius 2 is 1.75 bits per heavy atom. The van der Waals surface area contributed by atoms with Crippen LogP contribution in [0, 0.1) is 17.6 Å². The summed E-state index contributed by atoms with van der Waals surface area (Å²) in [5, 5.41) is 8.94. The lowest BCUT2D eigenvalue weighted by atomic mass is 9.98. The average molecular weight is 505 g/mol. The molecule has 0 spiro atoms. The zero-order chi connectivity index (χ0) is 25.9. The van der Waals surface area contributed by atoms with Gasteiger partial charge < -0.3 is 24.4 Å². The zero-order valence-corrected chi connectivity index (χ0v) is 20.4. The molecule has 36 heavy (non-hydrogen) atoms. The third-order valence-corrected chi connectivity index (χ3v) is 6.58. The van der Waals surface area contributed by atoms with Crippen molar-refractivity contribution in [1.82, 2.24) is 19.8 Å². The zero-order valence-electron chi connectivity index (χ0n) is 20.4. The predicted molar refractivity (Wildman–Crippen MR) is 125 cm³/mol. The van der Waals surface area contributed by atoms with E-state index in [-0.39, 0.29) is 48.8 Å². The van der Waals surface area contributed by atoms with Gasteiger partial charge in [0.2, 0.25) is 5.82 Å². The van der Waals surface area contributed by atoms with Gasteiger partial charge in [-0.2, -0.15) is 0 Å². The van der Waals surface area contributed by atoms with Gasteiger partial charge >= 0.3 is 6.09 Å². The number of carbonyl (C=O) groups excluding carboxylic acids is 2. The van der Waals surface area contributed by atoms with Crippen molar-refractivity contribution in [2.75, 3.05) is 39.9 Å². The summed E-state index contributed by atoms with van der Waals surface area (Å²) in [5.74, 6) is -2.67. The largest absolute Gasteiger partial charge is 0.487 e. The predicted octanol–water partition coefficient (Wildman–Crippen LogP) is 3.27. The van der Waals surface area contributed by atoms with Crippen molar-refractivity contribution in [1.29, 1.82) is 0 Å². The fourth-order valence-electron chi connectivity index (χ4n) is 3.91. The molecule has 1 aromatic heterocycles. The molecule has 1 aliphatic heterocycles. The van der Waals surface area contributed by atoms with Gasteiger partial charge in [-0.25, -0.2) is 23.5 Å². The van der Waals surface area contributed by atoms with E-state index in [0.29, 0.717) is 31.5 Å². The van der Waals surface area contributed by atoms with Gasteiger partial charge in [0, 0.05) is 44.6 Å². The normalized spacial score (nSPS) is 17.0. The number of aliphatic hydroxyl groups excluding tert-OH is 1. The molecule has 1 N–H and O–H groups in total. The van der Waals surface area contributed by atoms with E-state index < -0.39 is 23.3 Å². The third kappa shape index (κ3) is 6.07. The summed E-state index contributed by atoms with van der Waals surface area (Å²) in [6.07, 6.45) is 5.40. The molecule has 2 amide bonds. The van der Waals surface area contributed by atoms with E-state index in [2.05, 4.69) is 9.97 Å². The molecule has 194 valence electrons. The maximum atomic E-state index is 14.7. The minimum Gasteiger partial charge on any atom is -0.487 e. The Morgan fingerprint density at radius 3 is 2.31 bits per heavy atom. The van der Waals surface area contributed by atoms with Crippen LogP contribution in [0.15, 0.2) is 24.5 Å². The van der Waals surface area contributed by atoms with Crippen molar-refractivity contribution >= 4 is 12.0 Å². The number of likely N-dealkylation sites (N-methyl/N-ethyl adjacent to an activating group) is 1. The molecule has 0 atom stereocenters. The van der Waals surface area contributed by atoms with Crippen LogP contribution in [0.2, 0.25) is 0 Å². The summed E-state index contributed by atoms with van der Waals surface area (Å²) in [6.45, 7) is 3.02. The first kappa shape index (κ1) is 25.7. The van der Waals surface area contributed by atoms with Gasteiger partial charge in [-0.3, -0.25) is 4.79 Å². The summed E-state index contributed by atoms with van der Waals surface area (Å²) >= 11 is 0. The number of aromatic nitrogens is 2. The van der Waals surface area contributed by atoms with E-state index >= 15 is 0 Å². The molecule has 1 aromatic carbocycles. The summed E-state index contributed by atoms with van der Waals surface area (Å²) in [6, 6.07) is 2.27. The van der Waals surface area contributed by atoms with Crippen LogP contribution in [0.3, 0.4) is 0 Å². The van der Waals surface area contributed by atoms with Crippen LogP contribution < -0.4 is 4.74 Å². The second kappa shape index (κ2) is 10.7. The number of amides is 2. The molecular weight excluding hydrogens is 474 g/mol. The van der Waals surface area contributed by atoms with Crippen molar-refractivity contribution in [2.24, 2.45) is 5.92 Å². The van der Waals surface area contributed by atoms with E-state index in [1.54, 1.807) is 4.90 Å². The Bertz CT molecular complexity index is 1080. The van der Waals surface area contributed by atoms with Crippen molar-refractivity contribution in [3.63, 3.8) is 0 Å². The van der Waals surface area contributed by atoms with Crippen LogP contribution in [0.1, 0.15) is 43.2 Å². The fourth-order valence-corrected chi connectivity index (χ4v) is 3.91. The molecule has 1 saturated carbocycles. The van der Waals surface area contributed by atoms with Crippen LogP contribution in [0.4, 0.5) is 13.6 Å². The summed E-state index contributed by atoms with van der Waals surface area (Å²) in [4.78, 5) is 35.3. The van der Waals surface area contributed by atoms with Gasteiger partial charge in [0.25, 0.3) is 5.91 Å². The monoisotopic (exact) mass is 504 g/mol. The molecule has 11 heteroatoms. The molecule has 2 heterocycles. The average Bonchev–Trinajstić information content (AvgIpc) is 3.59. The van der Waals surface area contributed by atoms with Gasteiger partial charge in [0.1, 0.15) is 5.60 Å². The van der Waals surface area contributed by atoms with Crippen molar-refractivity contribution in [3.8, 4) is 16.9 Å². The minimum absolute atomic E-state index is 0.0616. The molecule has 1 saturated heterocycles. The standard InChI is InChI=1S/C25H30F2N4O5/c1-25(5-6-25)36-24(34)31-7-3-16(4-8-31)15-35-21-19(26)11-17(12-20(21)27)18-13-28-22(29-14-18)23(33)30(2)9-10-32/h11-14,16,32H,3-10,15H2,1-2H3. The number of ether oxygens (including phenoxy) is 2. The number of aliphatic hydroxyl groups is 1. The van der Waals surface area contributed by atoms with Crippen molar-refractivity contribution in [2.45, 2.75) is 38.2 Å². The molecule has 9 nitrogen and oxygen atoms in total. The SMILES string of the molecule is CN(CCO)C(=O)c1ncc(-c2cc(F)c(OCC3CCN(C(=O)OC4(C)CC4)CC3)c(F)c2)cn1. The molecule has 0 radical (unpaired) electrons. The van der Waals surface area contributed by atoms with E-state index in [0.717, 1.165) is 25.0 Å². The highest BCUT2D eigenvalue weighted by molar-refractivity contribution is 5.90. The van der Waals surface area contributed by atoms with E-state index in [9.17, 15) is 18.4 Å². The number of hydrogen-bond acceptors (Lipinski definition) is 7. The van der Waals surface area contributed by atoms with E-state index in [1.165, 1.54) is 24.3 Å². The summed E-state index contributed by atoms with van der Waals surface area (Å²) < 4.78 is 40.4. The van der Waals surface area contributed by atoms with Gasteiger partial charge in [-0.05, 0) is 56.2 Å². The Labute approximate surface area is 208 Å². The third-order valence-electron chi connectivity index (χ3n) is 6.58. The Morgan fingerprint density at radius 1 is 1.14 bits per heavy atom. The van der Waals surface area contributed by atoms with E-state index in [1.807, 2.05) is 6.92 Å². The highest BCUT2D eigenvalue weighted by atomic mass is 19.1. The quantitative estimate of drug-likeness (QED) is 0.588. The van der Waals surface area contributed by atoms with Gasteiger partial charge in [-0.1, -0.05) is 0 Å². The van der Waals surface area contributed by atoms with Crippen LogP contribution >= 0.6 is 0 Å².